The Morgan fingerprint density at radius 3 is 2.67 bits per heavy atom. The minimum Gasteiger partial charge on any atom is -0.491 e. The summed E-state index contributed by atoms with van der Waals surface area (Å²) < 4.78 is 35.0. The Labute approximate surface area is 102 Å². The van der Waals surface area contributed by atoms with Gasteiger partial charge >= 0.3 is 5.97 Å². The molecule has 7 heteroatoms. The van der Waals surface area contributed by atoms with E-state index in [0.717, 1.165) is 6.20 Å². The van der Waals surface area contributed by atoms with Crippen LogP contribution in [0, 0.1) is 0 Å². The summed E-state index contributed by atoms with van der Waals surface area (Å²) >= 11 is 0. The monoisotopic (exact) mass is 261 g/mol. The number of hydrogen-bond donors (Lipinski definition) is 1. The Morgan fingerprint density at radius 1 is 1.50 bits per heavy atom. The third kappa shape index (κ3) is 3.06. The number of aromatic amines is 1. The molecule has 0 spiro atoms. The van der Waals surface area contributed by atoms with Gasteiger partial charge in [-0.1, -0.05) is 0 Å². The van der Waals surface area contributed by atoms with Gasteiger partial charge in [0.25, 0.3) is 12.0 Å². The zero-order chi connectivity index (χ0) is 13.7. The van der Waals surface area contributed by atoms with Gasteiger partial charge in [-0.2, -0.15) is 0 Å². The van der Waals surface area contributed by atoms with Crippen LogP contribution >= 0.6 is 0 Å². The van der Waals surface area contributed by atoms with Crippen LogP contribution in [0.1, 0.15) is 24.5 Å². The first kappa shape index (κ1) is 14.1. The van der Waals surface area contributed by atoms with E-state index >= 15 is 0 Å². The van der Waals surface area contributed by atoms with E-state index in [1.54, 1.807) is 6.92 Å². The highest BCUT2D eigenvalue weighted by Gasteiger charge is 2.22. The van der Waals surface area contributed by atoms with Crippen molar-refractivity contribution in [2.45, 2.75) is 19.8 Å². The molecular weight excluding hydrogens is 248 g/mol. The van der Waals surface area contributed by atoms with E-state index in [4.69, 9.17) is 4.74 Å². The SMILES string of the molecule is CCOC(=O)Cc1c(C(F)F)c[nH]c(=O)c1OC. The number of pyridine rings is 1. The van der Waals surface area contributed by atoms with Crippen LogP contribution < -0.4 is 10.3 Å². The van der Waals surface area contributed by atoms with Crippen LogP contribution in [0.25, 0.3) is 0 Å². The predicted octanol–water partition coefficient (Wildman–Crippen LogP) is 1.43. The molecule has 18 heavy (non-hydrogen) atoms. The lowest BCUT2D eigenvalue weighted by Gasteiger charge is -2.11. The lowest BCUT2D eigenvalue weighted by molar-refractivity contribution is -0.142. The smallest absolute Gasteiger partial charge is 0.310 e. The zero-order valence-corrected chi connectivity index (χ0v) is 9.96. The van der Waals surface area contributed by atoms with Crippen molar-refractivity contribution in [3.8, 4) is 5.75 Å². The van der Waals surface area contributed by atoms with Crippen LogP contribution in [-0.2, 0) is 16.0 Å². The second-order valence-corrected chi connectivity index (χ2v) is 3.37. The normalized spacial score (nSPS) is 10.5. The molecule has 0 aliphatic carbocycles. The number of carbonyl (C=O) groups is 1. The molecule has 0 aliphatic heterocycles. The number of aromatic nitrogens is 1. The van der Waals surface area contributed by atoms with E-state index in [0.29, 0.717) is 0 Å². The van der Waals surface area contributed by atoms with E-state index in [1.807, 2.05) is 0 Å². The fourth-order valence-corrected chi connectivity index (χ4v) is 1.51. The molecule has 1 aromatic rings. The molecule has 0 atom stereocenters. The summed E-state index contributed by atoms with van der Waals surface area (Å²) in [4.78, 5) is 24.9. The highest BCUT2D eigenvalue weighted by Crippen LogP contribution is 2.27. The molecule has 0 saturated heterocycles. The number of esters is 1. The summed E-state index contributed by atoms with van der Waals surface area (Å²) in [6, 6.07) is 0. The number of ether oxygens (including phenoxy) is 2. The van der Waals surface area contributed by atoms with Gasteiger partial charge in [0.1, 0.15) is 0 Å². The fraction of sp³-hybridized carbons (Fsp3) is 0.455. The van der Waals surface area contributed by atoms with E-state index in [2.05, 4.69) is 9.72 Å². The number of H-pyrrole nitrogens is 1. The Bertz CT molecular complexity index is 484. The third-order valence-electron chi connectivity index (χ3n) is 2.25. The average Bonchev–Trinajstić information content (AvgIpc) is 2.29. The summed E-state index contributed by atoms with van der Waals surface area (Å²) in [7, 11) is 1.18. The molecule has 0 aliphatic rings. The van der Waals surface area contributed by atoms with E-state index in [9.17, 15) is 18.4 Å². The number of rotatable bonds is 5. The summed E-state index contributed by atoms with van der Waals surface area (Å²) in [6.45, 7) is 1.73. The van der Waals surface area contributed by atoms with Crippen LogP contribution in [0.2, 0.25) is 0 Å². The van der Waals surface area contributed by atoms with Gasteiger partial charge in [-0.25, -0.2) is 8.78 Å². The van der Waals surface area contributed by atoms with Crippen molar-refractivity contribution < 1.29 is 23.0 Å². The van der Waals surface area contributed by atoms with Gasteiger partial charge in [0.05, 0.1) is 20.1 Å². The molecule has 0 fully saturated rings. The van der Waals surface area contributed by atoms with Crippen LogP contribution in [0.3, 0.4) is 0 Å². The van der Waals surface area contributed by atoms with Gasteiger partial charge in [-0.3, -0.25) is 9.59 Å². The molecule has 0 saturated carbocycles. The maximum absolute atomic E-state index is 12.8. The van der Waals surface area contributed by atoms with E-state index < -0.39 is 29.9 Å². The maximum Gasteiger partial charge on any atom is 0.310 e. The van der Waals surface area contributed by atoms with Crippen LogP contribution in [0.4, 0.5) is 8.78 Å². The minimum atomic E-state index is -2.82. The number of methoxy groups -OCH3 is 1. The molecule has 1 aromatic heterocycles. The Morgan fingerprint density at radius 2 is 2.17 bits per heavy atom. The third-order valence-corrected chi connectivity index (χ3v) is 2.25. The summed E-state index contributed by atoms with van der Waals surface area (Å²) in [5.74, 6) is -0.982. The first-order valence-electron chi connectivity index (χ1n) is 5.23. The lowest BCUT2D eigenvalue weighted by atomic mass is 10.1. The summed E-state index contributed by atoms with van der Waals surface area (Å²) in [6.07, 6.45) is -2.37. The van der Waals surface area contributed by atoms with Crippen molar-refractivity contribution in [1.82, 2.24) is 4.98 Å². The second-order valence-electron chi connectivity index (χ2n) is 3.37. The van der Waals surface area contributed by atoms with Crippen molar-refractivity contribution in [1.29, 1.82) is 0 Å². The number of carbonyl (C=O) groups excluding carboxylic acids is 1. The van der Waals surface area contributed by atoms with Crippen molar-refractivity contribution in [2.75, 3.05) is 13.7 Å². The van der Waals surface area contributed by atoms with Crippen molar-refractivity contribution >= 4 is 5.97 Å². The maximum atomic E-state index is 12.8. The van der Waals surface area contributed by atoms with Crippen molar-refractivity contribution in [3.05, 3.63) is 27.7 Å². The molecule has 0 aromatic carbocycles. The average molecular weight is 261 g/mol. The van der Waals surface area contributed by atoms with E-state index in [-0.39, 0.29) is 17.9 Å². The van der Waals surface area contributed by atoms with Crippen molar-refractivity contribution in [2.24, 2.45) is 0 Å². The number of hydrogen-bond acceptors (Lipinski definition) is 4. The summed E-state index contributed by atoms with van der Waals surface area (Å²) in [5, 5.41) is 0. The zero-order valence-electron chi connectivity index (χ0n) is 9.96. The molecule has 0 bridgehead atoms. The Kier molecular flexibility index (Phi) is 4.82. The molecule has 100 valence electrons. The first-order chi connectivity index (χ1) is 8.51. The second kappa shape index (κ2) is 6.13. The molecule has 0 radical (unpaired) electrons. The summed E-state index contributed by atoms with van der Waals surface area (Å²) in [5.41, 5.74) is -1.25. The van der Waals surface area contributed by atoms with Gasteiger partial charge in [-0.15, -0.1) is 0 Å². The molecule has 0 amide bonds. The molecule has 0 unspecified atom stereocenters. The quantitative estimate of drug-likeness (QED) is 0.814. The minimum absolute atomic E-state index is 0.133. The highest BCUT2D eigenvalue weighted by atomic mass is 19.3. The highest BCUT2D eigenvalue weighted by molar-refractivity contribution is 5.74. The van der Waals surface area contributed by atoms with Gasteiger partial charge < -0.3 is 14.5 Å². The van der Waals surface area contributed by atoms with Gasteiger partial charge in [0.2, 0.25) is 0 Å². The predicted molar refractivity (Wildman–Crippen MR) is 58.9 cm³/mol. The van der Waals surface area contributed by atoms with Crippen molar-refractivity contribution in [3.63, 3.8) is 0 Å². The Hall–Kier alpha value is -1.92. The van der Waals surface area contributed by atoms with Gasteiger partial charge in [0, 0.05) is 17.3 Å². The topological polar surface area (TPSA) is 68.4 Å². The lowest BCUT2D eigenvalue weighted by Crippen LogP contribution is -2.18. The molecule has 5 nitrogen and oxygen atoms in total. The Balaban J connectivity index is 3.23. The number of alkyl halides is 2. The molecule has 1 rings (SSSR count). The number of nitrogens with one attached hydrogen (secondary N) is 1. The number of halogens is 2. The van der Waals surface area contributed by atoms with E-state index in [1.165, 1.54) is 7.11 Å². The molecule has 1 heterocycles. The van der Waals surface area contributed by atoms with Crippen LogP contribution in [0.5, 0.6) is 5.75 Å². The van der Waals surface area contributed by atoms with Crippen LogP contribution in [-0.4, -0.2) is 24.7 Å². The molecule has 1 N–H and O–H groups in total. The fourth-order valence-electron chi connectivity index (χ4n) is 1.51. The van der Waals surface area contributed by atoms with Crippen LogP contribution in [0.15, 0.2) is 11.0 Å². The standard InChI is InChI=1S/C11H13F2NO4/c1-3-18-8(15)4-6-7(10(12)13)5-14-11(16)9(6)17-2/h5,10H,3-4H2,1-2H3,(H,14,16). The molecular formula is C11H13F2NO4. The van der Waals surface area contributed by atoms with Gasteiger partial charge in [0.15, 0.2) is 5.75 Å². The first-order valence-corrected chi connectivity index (χ1v) is 5.23. The van der Waals surface area contributed by atoms with Gasteiger partial charge in [-0.05, 0) is 6.92 Å². The largest absolute Gasteiger partial charge is 0.491 e.